The van der Waals surface area contributed by atoms with E-state index in [0.717, 1.165) is 10.4 Å². The fourth-order valence-corrected chi connectivity index (χ4v) is 3.49. The molecule has 0 radical (unpaired) electrons. The molecule has 1 aromatic carbocycles. The third-order valence-corrected chi connectivity index (χ3v) is 5.03. The van der Waals surface area contributed by atoms with Gasteiger partial charge in [-0.15, -0.1) is 11.3 Å². The molecule has 0 saturated heterocycles. The average molecular weight is 376 g/mol. The summed E-state index contributed by atoms with van der Waals surface area (Å²) in [5.74, 6) is -1.03. The van der Waals surface area contributed by atoms with Crippen LogP contribution in [0.5, 0.6) is 5.75 Å². The maximum atomic E-state index is 13.5. The van der Waals surface area contributed by atoms with Crippen molar-refractivity contribution in [3.05, 3.63) is 56.7 Å². The number of halogens is 1. The number of fused-ring (bicyclic) bond motifs is 1. The number of thiophene rings is 1. The van der Waals surface area contributed by atoms with Crippen LogP contribution in [0.25, 0.3) is 10.2 Å². The number of carbonyl (C=O) groups is 1. The number of nitrogens with zero attached hydrogens (tertiary/aromatic N) is 1. The minimum absolute atomic E-state index is 0.0328. The van der Waals surface area contributed by atoms with Crippen LogP contribution in [-0.4, -0.2) is 22.5 Å². The van der Waals surface area contributed by atoms with E-state index >= 15 is 0 Å². The lowest BCUT2D eigenvalue weighted by molar-refractivity contribution is -0.151. The Hall–Kier alpha value is -2.74. The monoisotopic (exact) mass is 376 g/mol. The Bertz CT molecular complexity index is 1030. The van der Waals surface area contributed by atoms with E-state index in [2.05, 4.69) is 9.97 Å². The summed E-state index contributed by atoms with van der Waals surface area (Å²) < 4.78 is 23.8. The molecule has 0 fully saturated rings. The highest BCUT2D eigenvalue weighted by molar-refractivity contribution is 7.18. The van der Waals surface area contributed by atoms with Crippen LogP contribution >= 0.6 is 11.3 Å². The van der Waals surface area contributed by atoms with Gasteiger partial charge >= 0.3 is 5.97 Å². The van der Waals surface area contributed by atoms with E-state index < -0.39 is 24.5 Å². The first-order valence-electron chi connectivity index (χ1n) is 7.93. The van der Waals surface area contributed by atoms with Gasteiger partial charge in [0.25, 0.3) is 5.56 Å². The Kier molecular flexibility index (Phi) is 5.03. The highest BCUT2D eigenvalue weighted by Gasteiger charge is 2.18. The second-order valence-electron chi connectivity index (χ2n) is 5.77. The predicted molar refractivity (Wildman–Crippen MR) is 96.1 cm³/mol. The maximum absolute atomic E-state index is 13.5. The first kappa shape index (κ1) is 18.1. The number of carbonyl (C=O) groups excluding carboxylic acids is 1. The lowest BCUT2D eigenvalue weighted by Gasteiger charge is -2.13. The molecule has 26 heavy (non-hydrogen) atoms. The number of benzene rings is 1. The van der Waals surface area contributed by atoms with Crippen molar-refractivity contribution in [1.29, 1.82) is 0 Å². The van der Waals surface area contributed by atoms with E-state index in [4.69, 9.17) is 9.47 Å². The zero-order chi connectivity index (χ0) is 18.8. The highest BCUT2D eigenvalue weighted by atomic mass is 32.1. The van der Waals surface area contributed by atoms with Gasteiger partial charge in [-0.25, -0.2) is 14.2 Å². The lowest BCUT2D eigenvalue weighted by Crippen LogP contribution is -2.20. The van der Waals surface area contributed by atoms with Crippen LogP contribution in [0.4, 0.5) is 4.39 Å². The quantitative estimate of drug-likeness (QED) is 0.690. The normalized spacial score (nSPS) is 12.2. The van der Waals surface area contributed by atoms with E-state index in [9.17, 15) is 14.0 Å². The van der Waals surface area contributed by atoms with Gasteiger partial charge in [0, 0.05) is 4.88 Å². The fraction of sp³-hybridized carbons (Fsp3) is 0.278. The summed E-state index contributed by atoms with van der Waals surface area (Å²) in [7, 11) is 0. The molecule has 1 N–H and O–H groups in total. The molecule has 2 heterocycles. The van der Waals surface area contributed by atoms with Gasteiger partial charge in [0.1, 0.15) is 4.83 Å². The summed E-state index contributed by atoms with van der Waals surface area (Å²) >= 11 is 1.41. The van der Waals surface area contributed by atoms with Crippen molar-refractivity contribution in [2.24, 2.45) is 0 Å². The summed E-state index contributed by atoms with van der Waals surface area (Å²) in [6.07, 6.45) is -0.772. The highest BCUT2D eigenvalue weighted by Crippen LogP contribution is 2.27. The van der Waals surface area contributed by atoms with Crippen molar-refractivity contribution < 1.29 is 18.7 Å². The minimum Gasteiger partial charge on any atom is -0.479 e. The first-order valence-corrected chi connectivity index (χ1v) is 8.75. The second kappa shape index (κ2) is 7.25. The van der Waals surface area contributed by atoms with Crippen molar-refractivity contribution in [2.45, 2.75) is 26.9 Å². The number of ether oxygens (including phenoxy) is 2. The van der Waals surface area contributed by atoms with Gasteiger partial charge in [0.05, 0.1) is 5.39 Å². The summed E-state index contributed by atoms with van der Waals surface area (Å²) in [4.78, 5) is 32.9. The number of aryl methyl sites for hydroxylation is 2. The van der Waals surface area contributed by atoms with E-state index in [1.807, 2.05) is 13.8 Å². The predicted octanol–water partition coefficient (Wildman–Crippen LogP) is 3.42. The number of nitrogens with one attached hydrogen (secondary N) is 1. The molecular weight excluding hydrogens is 359 g/mol. The molecule has 0 spiro atoms. The lowest BCUT2D eigenvalue weighted by atomic mass is 10.2. The SMILES string of the molecule is Cc1sc2nc([C@@H](C)OC(=O)COc3ccccc3F)[nH]c(=O)c2c1C. The summed E-state index contributed by atoms with van der Waals surface area (Å²) in [6, 6.07) is 5.77. The molecule has 0 aliphatic heterocycles. The number of esters is 1. The van der Waals surface area contributed by atoms with Crippen LogP contribution in [0.15, 0.2) is 29.1 Å². The molecule has 1 atom stereocenters. The van der Waals surface area contributed by atoms with Gasteiger partial charge in [-0.2, -0.15) is 0 Å². The van der Waals surface area contributed by atoms with Gasteiger partial charge < -0.3 is 14.5 Å². The third-order valence-electron chi connectivity index (χ3n) is 3.93. The molecule has 8 heteroatoms. The van der Waals surface area contributed by atoms with Crippen molar-refractivity contribution in [1.82, 2.24) is 9.97 Å². The molecule has 136 valence electrons. The second-order valence-corrected chi connectivity index (χ2v) is 6.97. The standard InChI is InChI=1S/C18H17FN2O4S/c1-9-11(3)26-18-15(9)17(23)20-16(21-18)10(2)25-14(22)8-24-13-7-5-4-6-12(13)19/h4-7,10H,8H2,1-3H3,(H,20,21,23)/t10-/m1/s1. The van der Waals surface area contributed by atoms with Crippen molar-refractivity contribution in [2.75, 3.05) is 6.61 Å². The van der Waals surface area contributed by atoms with Crippen LogP contribution in [0.2, 0.25) is 0 Å². The number of hydrogen-bond acceptors (Lipinski definition) is 6. The Morgan fingerprint density at radius 1 is 1.35 bits per heavy atom. The van der Waals surface area contributed by atoms with E-state index in [-0.39, 0.29) is 17.1 Å². The minimum atomic E-state index is -0.772. The first-order chi connectivity index (χ1) is 12.4. The van der Waals surface area contributed by atoms with Crippen LogP contribution < -0.4 is 10.3 Å². The van der Waals surface area contributed by atoms with Crippen LogP contribution in [0.1, 0.15) is 29.3 Å². The van der Waals surface area contributed by atoms with Crippen LogP contribution in [0.3, 0.4) is 0 Å². The molecule has 0 amide bonds. The number of H-pyrrole nitrogens is 1. The summed E-state index contributed by atoms with van der Waals surface area (Å²) in [5, 5.41) is 0.553. The van der Waals surface area contributed by atoms with Crippen LogP contribution in [-0.2, 0) is 9.53 Å². The van der Waals surface area contributed by atoms with Crippen molar-refractivity contribution in [3.8, 4) is 5.75 Å². The van der Waals surface area contributed by atoms with E-state index in [0.29, 0.717) is 10.2 Å². The van der Waals surface area contributed by atoms with E-state index in [1.54, 1.807) is 13.0 Å². The van der Waals surface area contributed by atoms with Gasteiger partial charge in [0.2, 0.25) is 0 Å². The average Bonchev–Trinajstić information content (AvgIpc) is 2.88. The molecule has 6 nitrogen and oxygen atoms in total. The number of para-hydroxylation sites is 1. The molecule has 3 rings (SSSR count). The van der Waals surface area contributed by atoms with E-state index in [1.165, 1.54) is 29.5 Å². The zero-order valence-electron chi connectivity index (χ0n) is 14.5. The summed E-state index contributed by atoms with van der Waals surface area (Å²) in [5.41, 5.74) is 0.630. The largest absolute Gasteiger partial charge is 0.479 e. The molecule has 0 aliphatic carbocycles. The topological polar surface area (TPSA) is 81.3 Å². The molecule has 0 aliphatic rings. The van der Waals surface area contributed by atoms with Gasteiger partial charge in [0.15, 0.2) is 30.1 Å². The number of aromatic nitrogens is 2. The third kappa shape index (κ3) is 3.60. The van der Waals surface area contributed by atoms with Gasteiger partial charge in [-0.05, 0) is 38.5 Å². The van der Waals surface area contributed by atoms with Crippen molar-refractivity contribution >= 4 is 27.5 Å². The smallest absolute Gasteiger partial charge is 0.344 e. The molecule has 3 aromatic rings. The maximum Gasteiger partial charge on any atom is 0.344 e. The molecule has 0 saturated carbocycles. The summed E-state index contributed by atoms with van der Waals surface area (Å²) in [6.45, 7) is 4.94. The zero-order valence-corrected chi connectivity index (χ0v) is 15.3. The number of hydrogen-bond donors (Lipinski definition) is 1. The fourth-order valence-electron chi connectivity index (χ4n) is 2.45. The van der Waals surface area contributed by atoms with Gasteiger partial charge in [-0.1, -0.05) is 12.1 Å². The molecule has 0 bridgehead atoms. The Balaban J connectivity index is 1.70. The molecular formula is C18H17FN2O4S. The van der Waals surface area contributed by atoms with Gasteiger partial charge in [-0.3, -0.25) is 4.79 Å². The number of aromatic amines is 1. The molecule has 2 aromatic heterocycles. The van der Waals surface area contributed by atoms with Crippen molar-refractivity contribution in [3.63, 3.8) is 0 Å². The van der Waals surface area contributed by atoms with Crippen LogP contribution in [0, 0.1) is 19.7 Å². The Labute approximate surface area is 152 Å². The Morgan fingerprint density at radius 2 is 2.08 bits per heavy atom. The number of rotatable bonds is 5. The molecule has 0 unspecified atom stereocenters. The Morgan fingerprint density at radius 3 is 2.81 bits per heavy atom.